The Hall–Kier alpha value is -1.91. The number of rotatable bonds is 3. The van der Waals surface area contributed by atoms with Gasteiger partial charge in [-0.05, 0) is 18.6 Å². The average molecular weight is 224 g/mol. The third-order valence-corrected chi connectivity index (χ3v) is 2.21. The van der Waals surface area contributed by atoms with Gasteiger partial charge >= 0.3 is 0 Å². The van der Waals surface area contributed by atoms with Crippen LogP contribution >= 0.6 is 0 Å². The van der Waals surface area contributed by atoms with Crippen molar-refractivity contribution in [3.8, 4) is 0 Å². The maximum Gasteiger partial charge on any atom is 0.180 e. The van der Waals surface area contributed by atoms with Gasteiger partial charge in [-0.2, -0.15) is 0 Å². The summed E-state index contributed by atoms with van der Waals surface area (Å²) in [4.78, 5) is 3.70. The van der Waals surface area contributed by atoms with E-state index in [1.54, 1.807) is 6.92 Å². The molecule has 0 spiro atoms. The van der Waals surface area contributed by atoms with E-state index in [9.17, 15) is 8.78 Å². The van der Waals surface area contributed by atoms with Crippen LogP contribution in [0.1, 0.15) is 11.3 Å². The Balaban J connectivity index is 2.18. The van der Waals surface area contributed by atoms with Crippen molar-refractivity contribution in [3.63, 3.8) is 0 Å². The van der Waals surface area contributed by atoms with E-state index < -0.39 is 11.6 Å². The molecule has 0 amide bonds. The Morgan fingerprint density at radius 1 is 1.38 bits per heavy atom. The molecule has 0 saturated heterocycles. The first-order valence-electron chi connectivity index (χ1n) is 4.74. The van der Waals surface area contributed by atoms with Crippen LogP contribution in [0.2, 0.25) is 0 Å². The first-order valence-corrected chi connectivity index (χ1v) is 4.74. The quantitative estimate of drug-likeness (QED) is 0.871. The molecule has 1 N–H and O–H groups in total. The summed E-state index contributed by atoms with van der Waals surface area (Å²) < 4.78 is 31.8. The van der Waals surface area contributed by atoms with Gasteiger partial charge in [0.2, 0.25) is 0 Å². The molecule has 0 saturated carbocycles. The number of hydrogen-bond donors (Lipinski definition) is 1. The number of anilines is 1. The number of aromatic nitrogens is 1. The van der Waals surface area contributed by atoms with E-state index in [2.05, 4.69) is 10.3 Å². The molecule has 0 aliphatic carbocycles. The number of oxazole rings is 1. The number of halogens is 2. The fraction of sp³-hybridized carbons (Fsp3) is 0.182. The molecule has 2 rings (SSSR count). The Labute approximate surface area is 91.1 Å². The topological polar surface area (TPSA) is 38.1 Å². The fourth-order valence-electron chi connectivity index (χ4n) is 1.32. The van der Waals surface area contributed by atoms with E-state index in [1.165, 1.54) is 24.7 Å². The van der Waals surface area contributed by atoms with Gasteiger partial charge in [-0.1, -0.05) is 6.07 Å². The predicted molar refractivity (Wildman–Crippen MR) is 54.9 cm³/mol. The highest BCUT2D eigenvalue weighted by molar-refractivity contribution is 5.48. The molecule has 1 heterocycles. The number of hydrogen-bond acceptors (Lipinski definition) is 3. The first kappa shape index (κ1) is 10.6. The van der Waals surface area contributed by atoms with Crippen LogP contribution in [0.5, 0.6) is 0 Å². The average Bonchev–Trinajstić information content (AvgIpc) is 2.77. The molecule has 1 aromatic carbocycles. The normalized spacial score (nSPS) is 10.4. The molecule has 84 valence electrons. The maximum absolute atomic E-state index is 13.5. The van der Waals surface area contributed by atoms with Gasteiger partial charge in [0.1, 0.15) is 17.3 Å². The molecule has 1 aromatic heterocycles. The number of benzene rings is 1. The van der Waals surface area contributed by atoms with Crippen LogP contribution in [0.3, 0.4) is 0 Å². The Morgan fingerprint density at radius 2 is 2.19 bits per heavy atom. The molecule has 0 bridgehead atoms. The van der Waals surface area contributed by atoms with Gasteiger partial charge in [-0.15, -0.1) is 0 Å². The largest absolute Gasteiger partial charge is 0.447 e. The van der Waals surface area contributed by atoms with Crippen LogP contribution in [0.4, 0.5) is 14.5 Å². The highest BCUT2D eigenvalue weighted by Gasteiger charge is 2.11. The minimum absolute atomic E-state index is 0.142. The molecule has 5 heteroatoms. The lowest BCUT2D eigenvalue weighted by Crippen LogP contribution is -2.04. The summed E-state index contributed by atoms with van der Waals surface area (Å²) in [5, 5.41) is 2.64. The minimum atomic E-state index is -0.623. The summed E-state index contributed by atoms with van der Waals surface area (Å²) in [7, 11) is 0. The summed E-state index contributed by atoms with van der Waals surface area (Å²) in [5.41, 5.74) is 0.248. The van der Waals surface area contributed by atoms with Crippen LogP contribution in [-0.2, 0) is 6.54 Å². The smallest absolute Gasteiger partial charge is 0.180 e. The Kier molecular flexibility index (Phi) is 2.85. The van der Waals surface area contributed by atoms with Crippen molar-refractivity contribution >= 4 is 5.69 Å². The molecule has 0 unspecified atom stereocenters. The van der Waals surface area contributed by atoms with Crippen molar-refractivity contribution in [2.75, 3.05) is 5.32 Å². The van der Waals surface area contributed by atoms with E-state index in [4.69, 9.17) is 4.42 Å². The molecule has 0 atom stereocenters. The summed E-state index contributed by atoms with van der Waals surface area (Å²) in [6.45, 7) is 1.77. The van der Waals surface area contributed by atoms with Crippen molar-refractivity contribution in [1.29, 1.82) is 0 Å². The monoisotopic (exact) mass is 224 g/mol. The molecule has 2 aromatic rings. The summed E-state index contributed by atoms with van der Waals surface area (Å²) in [6.07, 6.45) is 2.75. The van der Waals surface area contributed by atoms with E-state index in [-0.39, 0.29) is 12.2 Å². The zero-order valence-electron chi connectivity index (χ0n) is 8.63. The Bertz CT molecular complexity index is 483. The van der Waals surface area contributed by atoms with Crippen LogP contribution < -0.4 is 5.32 Å². The highest BCUT2D eigenvalue weighted by atomic mass is 19.1. The van der Waals surface area contributed by atoms with Gasteiger partial charge in [-0.3, -0.25) is 0 Å². The highest BCUT2D eigenvalue weighted by Crippen LogP contribution is 2.22. The van der Waals surface area contributed by atoms with Crippen molar-refractivity contribution in [3.05, 3.63) is 47.7 Å². The number of nitrogens with one attached hydrogen (secondary N) is 1. The standard InChI is InChI=1S/C11H10F2N2O/c1-7-2-3-9(12)11(10(7)13)15-5-8-4-14-6-16-8/h2-4,6,15H,5H2,1H3. The second-order valence-corrected chi connectivity index (χ2v) is 3.37. The SMILES string of the molecule is Cc1ccc(F)c(NCc2cnco2)c1F. The van der Waals surface area contributed by atoms with Crippen molar-refractivity contribution in [2.24, 2.45) is 0 Å². The van der Waals surface area contributed by atoms with Gasteiger partial charge < -0.3 is 9.73 Å². The summed E-state index contributed by atoms with van der Waals surface area (Å²) in [5.74, 6) is -0.692. The lowest BCUT2D eigenvalue weighted by molar-refractivity contribution is 0.509. The van der Waals surface area contributed by atoms with Crippen LogP contribution in [-0.4, -0.2) is 4.98 Å². The third kappa shape index (κ3) is 2.03. The molecular weight excluding hydrogens is 214 g/mol. The van der Waals surface area contributed by atoms with E-state index >= 15 is 0 Å². The zero-order valence-corrected chi connectivity index (χ0v) is 8.63. The molecule has 0 radical (unpaired) electrons. The third-order valence-electron chi connectivity index (χ3n) is 2.21. The molecule has 16 heavy (non-hydrogen) atoms. The van der Waals surface area contributed by atoms with Crippen LogP contribution in [0.15, 0.2) is 29.1 Å². The minimum Gasteiger partial charge on any atom is -0.447 e. The lowest BCUT2D eigenvalue weighted by Gasteiger charge is -2.08. The van der Waals surface area contributed by atoms with Gasteiger partial charge in [0.15, 0.2) is 12.2 Å². The first-order chi connectivity index (χ1) is 7.68. The van der Waals surface area contributed by atoms with E-state index in [0.717, 1.165) is 0 Å². The summed E-state index contributed by atoms with van der Waals surface area (Å²) >= 11 is 0. The molecular formula is C11H10F2N2O. The van der Waals surface area contributed by atoms with Crippen molar-refractivity contribution < 1.29 is 13.2 Å². The van der Waals surface area contributed by atoms with E-state index in [1.807, 2.05) is 0 Å². The number of nitrogens with zero attached hydrogens (tertiary/aromatic N) is 1. The molecule has 3 nitrogen and oxygen atoms in total. The zero-order chi connectivity index (χ0) is 11.5. The van der Waals surface area contributed by atoms with Crippen LogP contribution in [0, 0.1) is 18.6 Å². The maximum atomic E-state index is 13.5. The fourth-order valence-corrected chi connectivity index (χ4v) is 1.32. The second-order valence-electron chi connectivity index (χ2n) is 3.37. The number of aryl methyl sites for hydroxylation is 1. The van der Waals surface area contributed by atoms with Crippen molar-refractivity contribution in [1.82, 2.24) is 4.98 Å². The van der Waals surface area contributed by atoms with Gasteiger partial charge in [0.25, 0.3) is 0 Å². The Morgan fingerprint density at radius 3 is 2.88 bits per heavy atom. The second kappa shape index (κ2) is 4.30. The molecule has 0 fully saturated rings. The lowest BCUT2D eigenvalue weighted by atomic mass is 10.2. The molecule has 0 aliphatic heterocycles. The van der Waals surface area contributed by atoms with Gasteiger partial charge in [0.05, 0.1) is 12.7 Å². The molecule has 0 aliphatic rings. The van der Waals surface area contributed by atoms with Gasteiger partial charge in [-0.25, -0.2) is 13.8 Å². The van der Waals surface area contributed by atoms with Crippen molar-refractivity contribution in [2.45, 2.75) is 13.5 Å². The van der Waals surface area contributed by atoms with Gasteiger partial charge in [0, 0.05) is 0 Å². The van der Waals surface area contributed by atoms with Crippen LogP contribution in [0.25, 0.3) is 0 Å². The van der Waals surface area contributed by atoms with E-state index in [0.29, 0.717) is 11.3 Å². The summed E-state index contributed by atoms with van der Waals surface area (Å²) in [6, 6.07) is 2.62. The predicted octanol–water partition coefficient (Wildman–Crippen LogP) is 2.87.